The summed E-state index contributed by atoms with van der Waals surface area (Å²) in [5.41, 5.74) is 2.94. The van der Waals surface area contributed by atoms with Gasteiger partial charge in [0.15, 0.2) is 6.61 Å². The van der Waals surface area contributed by atoms with Gasteiger partial charge in [-0.25, -0.2) is 0 Å². The molecule has 1 aliphatic rings. The molecule has 0 aliphatic heterocycles. The number of nitrogens with one attached hydrogen (secondary N) is 1. The van der Waals surface area contributed by atoms with Crippen molar-refractivity contribution in [3.63, 3.8) is 0 Å². The fraction of sp³-hybridized carbons (Fsp3) is 0.481. The molecule has 1 N–H and O–H groups in total. The quantitative estimate of drug-likeness (QED) is 0.574. The van der Waals surface area contributed by atoms with E-state index in [1.807, 2.05) is 63.2 Å². The Kier molecular flexibility index (Phi) is 8.75. The smallest absolute Gasteiger partial charge is 0.261 e. The summed E-state index contributed by atoms with van der Waals surface area (Å²) in [5, 5.41) is 3.17. The van der Waals surface area contributed by atoms with Crippen LogP contribution in [0.1, 0.15) is 55.7 Å². The average molecular weight is 453 g/mol. The first-order valence-electron chi connectivity index (χ1n) is 11.8. The van der Waals surface area contributed by atoms with Gasteiger partial charge in [-0.05, 0) is 68.0 Å². The van der Waals surface area contributed by atoms with E-state index in [0.29, 0.717) is 18.7 Å². The number of nitrogens with zero attached hydrogens (tertiary/aromatic N) is 1. The summed E-state index contributed by atoms with van der Waals surface area (Å²) in [7, 11) is 1.62. The molecule has 6 nitrogen and oxygen atoms in total. The van der Waals surface area contributed by atoms with Gasteiger partial charge in [0.05, 0.1) is 7.11 Å². The molecule has 178 valence electrons. The summed E-state index contributed by atoms with van der Waals surface area (Å²) >= 11 is 0. The van der Waals surface area contributed by atoms with E-state index in [2.05, 4.69) is 5.32 Å². The summed E-state index contributed by atoms with van der Waals surface area (Å²) in [6.45, 7) is 6.07. The highest BCUT2D eigenvalue weighted by Crippen LogP contribution is 2.22. The standard InChI is InChI=1S/C27H36N2O4/c1-5-24(27(31)28-22-10-6-7-11-22)29(17-21-9-8-12-23(16-21)32-4)26(30)18-33-25-15-19(2)13-14-20(25)3/h8-9,12-16,22,24H,5-7,10-11,17-18H2,1-4H3,(H,28,31). The first kappa shape index (κ1) is 24.6. The molecule has 1 fully saturated rings. The number of benzene rings is 2. The third-order valence-electron chi connectivity index (χ3n) is 6.27. The van der Waals surface area contributed by atoms with Crippen molar-refractivity contribution in [2.45, 2.75) is 71.5 Å². The maximum atomic E-state index is 13.4. The zero-order chi connectivity index (χ0) is 23.8. The van der Waals surface area contributed by atoms with Gasteiger partial charge in [0.1, 0.15) is 17.5 Å². The van der Waals surface area contributed by atoms with Gasteiger partial charge in [-0.15, -0.1) is 0 Å². The molecule has 1 aliphatic carbocycles. The Morgan fingerprint density at radius 3 is 2.58 bits per heavy atom. The van der Waals surface area contributed by atoms with Gasteiger partial charge in [-0.1, -0.05) is 44.0 Å². The topological polar surface area (TPSA) is 67.9 Å². The Morgan fingerprint density at radius 2 is 1.88 bits per heavy atom. The number of methoxy groups -OCH3 is 1. The van der Waals surface area contributed by atoms with Crippen molar-refractivity contribution in [1.29, 1.82) is 0 Å². The minimum atomic E-state index is -0.563. The molecule has 0 saturated heterocycles. The predicted molar refractivity (Wildman–Crippen MR) is 129 cm³/mol. The molecule has 3 rings (SSSR count). The molecule has 0 spiro atoms. The lowest BCUT2D eigenvalue weighted by Gasteiger charge is -2.31. The van der Waals surface area contributed by atoms with Crippen molar-refractivity contribution in [3.8, 4) is 11.5 Å². The molecule has 6 heteroatoms. The highest BCUT2D eigenvalue weighted by Gasteiger charge is 2.31. The van der Waals surface area contributed by atoms with Crippen LogP contribution in [0.25, 0.3) is 0 Å². The largest absolute Gasteiger partial charge is 0.497 e. The summed E-state index contributed by atoms with van der Waals surface area (Å²) in [6.07, 6.45) is 4.80. The summed E-state index contributed by atoms with van der Waals surface area (Å²) < 4.78 is 11.2. The van der Waals surface area contributed by atoms with E-state index < -0.39 is 6.04 Å². The van der Waals surface area contributed by atoms with Gasteiger partial charge in [0, 0.05) is 12.6 Å². The second-order valence-electron chi connectivity index (χ2n) is 8.84. The molecule has 0 radical (unpaired) electrons. The van der Waals surface area contributed by atoms with Crippen molar-refractivity contribution in [3.05, 3.63) is 59.2 Å². The van der Waals surface area contributed by atoms with E-state index >= 15 is 0 Å². The highest BCUT2D eigenvalue weighted by atomic mass is 16.5. The zero-order valence-electron chi connectivity index (χ0n) is 20.2. The normalized spacial score (nSPS) is 14.5. The summed E-state index contributed by atoms with van der Waals surface area (Å²) in [4.78, 5) is 28.2. The lowest BCUT2D eigenvalue weighted by molar-refractivity contribution is -0.143. The fourth-order valence-corrected chi connectivity index (χ4v) is 4.34. The van der Waals surface area contributed by atoms with Crippen LogP contribution in [0.4, 0.5) is 0 Å². The number of carbonyl (C=O) groups is 2. The van der Waals surface area contributed by atoms with Crippen molar-refractivity contribution in [2.75, 3.05) is 13.7 Å². The van der Waals surface area contributed by atoms with Crippen molar-refractivity contribution < 1.29 is 19.1 Å². The zero-order valence-corrected chi connectivity index (χ0v) is 20.2. The molecule has 1 saturated carbocycles. The maximum Gasteiger partial charge on any atom is 0.261 e. The lowest BCUT2D eigenvalue weighted by Crippen LogP contribution is -2.52. The minimum Gasteiger partial charge on any atom is -0.497 e. The monoisotopic (exact) mass is 452 g/mol. The van der Waals surface area contributed by atoms with Gasteiger partial charge in [-0.2, -0.15) is 0 Å². The van der Waals surface area contributed by atoms with E-state index in [1.54, 1.807) is 12.0 Å². The number of carbonyl (C=O) groups excluding carboxylic acids is 2. The van der Waals surface area contributed by atoms with E-state index in [-0.39, 0.29) is 24.5 Å². The number of hydrogen-bond donors (Lipinski definition) is 1. The predicted octanol–water partition coefficient (Wildman–Crippen LogP) is 4.56. The number of amides is 2. The average Bonchev–Trinajstić information content (AvgIpc) is 3.32. The molecule has 2 aromatic rings. The van der Waals surface area contributed by atoms with Crippen LogP contribution < -0.4 is 14.8 Å². The number of aryl methyl sites for hydroxylation is 2. The van der Waals surface area contributed by atoms with Gasteiger partial charge in [0.2, 0.25) is 5.91 Å². The van der Waals surface area contributed by atoms with Crippen LogP contribution in [0.15, 0.2) is 42.5 Å². The van der Waals surface area contributed by atoms with E-state index in [1.165, 1.54) is 0 Å². The van der Waals surface area contributed by atoms with Gasteiger partial charge in [0.25, 0.3) is 5.91 Å². The Balaban J connectivity index is 1.79. The molecular weight excluding hydrogens is 416 g/mol. The van der Waals surface area contributed by atoms with E-state index in [4.69, 9.17) is 9.47 Å². The maximum absolute atomic E-state index is 13.4. The van der Waals surface area contributed by atoms with Crippen molar-refractivity contribution in [2.24, 2.45) is 0 Å². The van der Waals surface area contributed by atoms with Crippen LogP contribution >= 0.6 is 0 Å². The third kappa shape index (κ3) is 6.73. The van der Waals surface area contributed by atoms with Gasteiger partial charge in [-0.3, -0.25) is 9.59 Å². The van der Waals surface area contributed by atoms with Crippen molar-refractivity contribution in [1.82, 2.24) is 10.2 Å². The Morgan fingerprint density at radius 1 is 1.12 bits per heavy atom. The summed E-state index contributed by atoms with van der Waals surface area (Å²) in [6, 6.07) is 13.2. The SMILES string of the molecule is CCC(C(=O)NC1CCCC1)N(Cc1cccc(OC)c1)C(=O)COc1cc(C)ccc1C. The molecular formula is C27H36N2O4. The molecule has 0 bridgehead atoms. The molecule has 0 heterocycles. The van der Waals surface area contributed by atoms with Crippen LogP contribution in [0, 0.1) is 13.8 Å². The summed E-state index contributed by atoms with van der Waals surface area (Å²) in [5.74, 6) is 1.10. The number of rotatable bonds is 10. The van der Waals surface area contributed by atoms with Gasteiger partial charge < -0.3 is 19.7 Å². The van der Waals surface area contributed by atoms with Crippen molar-refractivity contribution >= 4 is 11.8 Å². The Bertz CT molecular complexity index is 953. The second-order valence-corrected chi connectivity index (χ2v) is 8.84. The van der Waals surface area contributed by atoms with Crippen LogP contribution in [0.5, 0.6) is 11.5 Å². The molecule has 2 aromatic carbocycles. The molecule has 1 atom stereocenters. The van der Waals surface area contributed by atoms with Crippen LogP contribution in [0.3, 0.4) is 0 Å². The van der Waals surface area contributed by atoms with Gasteiger partial charge >= 0.3 is 0 Å². The third-order valence-corrected chi connectivity index (χ3v) is 6.27. The molecule has 33 heavy (non-hydrogen) atoms. The van der Waals surface area contributed by atoms with E-state index in [0.717, 1.165) is 48.1 Å². The van der Waals surface area contributed by atoms with Crippen LogP contribution in [0.2, 0.25) is 0 Å². The molecule has 1 unspecified atom stereocenters. The van der Waals surface area contributed by atoms with Crippen LogP contribution in [-0.2, 0) is 16.1 Å². The minimum absolute atomic E-state index is 0.0904. The second kappa shape index (κ2) is 11.7. The Hall–Kier alpha value is -3.02. The first-order valence-corrected chi connectivity index (χ1v) is 11.8. The Labute approximate surface area is 197 Å². The van der Waals surface area contributed by atoms with E-state index in [9.17, 15) is 9.59 Å². The fourth-order valence-electron chi connectivity index (χ4n) is 4.34. The lowest BCUT2D eigenvalue weighted by atomic mass is 10.1. The first-order chi connectivity index (χ1) is 15.9. The molecule has 2 amide bonds. The molecule has 0 aromatic heterocycles. The number of hydrogen-bond acceptors (Lipinski definition) is 4. The number of ether oxygens (including phenoxy) is 2. The van der Waals surface area contributed by atoms with Crippen LogP contribution in [-0.4, -0.2) is 42.5 Å². The highest BCUT2D eigenvalue weighted by molar-refractivity contribution is 5.88.